The predicted molar refractivity (Wildman–Crippen MR) is 83.0 cm³/mol. The molecule has 2 aromatic rings. The van der Waals surface area contributed by atoms with Crippen molar-refractivity contribution in [2.45, 2.75) is 39.7 Å². The van der Waals surface area contributed by atoms with Crippen molar-refractivity contribution in [2.24, 2.45) is 0 Å². The van der Waals surface area contributed by atoms with Gasteiger partial charge in [-0.15, -0.1) is 0 Å². The Kier molecular flexibility index (Phi) is 4.36. The SMILES string of the molecule is C=C(C)C(C)Oc1cc(O)cc2oc(=O)cc(CCC)c12. The summed E-state index contributed by atoms with van der Waals surface area (Å²) < 4.78 is 11.1. The van der Waals surface area contributed by atoms with Crippen LogP contribution in [0.2, 0.25) is 0 Å². The molecule has 0 bridgehead atoms. The Morgan fingerprint density at radius 2 is 2.14 bits per heavy atom. The van der Waals surface area contributed by atoms with Crippen molar-refractivity contribution in [2.75, 3.05) is 0 Å². The van der Waals surface area contributed by atoms with E-state index in [2.05, 4.69) is 6.58 Å². The van der Waals surface area contributed by atoms with Gasteiger partial charge in [0.15, 0.2) is 0 Å². The molecule has 2 rings (SSSR count). The van der Waals surface area contributed by atoms with E-state index in [0.29, 0.717) is 11.3 Å². The van der Waals surface area contributed by atoms with Crippen LogP contribution in [0.25, 0.3) is 11.0 Å². The molecule has 1 unspecified atom stereocenters. The number of rotatable bonds is 5. The van der Waals surface area contributed by atoms with Gasteiger partial charge in [-0.3, -0.25) is 0 Å². The fraction of sp³-hybridized carbons (Fsp3) is 0.353. The smallest absolute Gasteiger partial charge is 0.336 e. The van der Waals surface area contributed by atoms with Crippen molar-refractivity contribution in [3.05, 3.63) is 46.3 Å². The number of hydrogen-bond acceptors (Lipinski definition) is 4. The van der Waals surface area contributed by atoms with Gasteiger partial charge >= 0.3 is 5.63 Å². The number of benzene rings is 1. The molecular formula is C17H20O4. The molecule has 1 N–H and O–H groups in total. The average Bonchev–Trinajstić information content (AvgIpc) is 2.37. The van der Waals surface area contributed by atoms with E-state index >= 15 is 0 Å². The molecule has 0 aliphatic rings. The second-order valence-electron chi connectivity index (χ2n) is 5.26. The second-order valence-corrected chi connectivity index (χ2v) is 5.26. The van der Waals surface area contributed by atoms with E-state index in [-0.39, 0.29) is 11.9 Å². The lowest BCUT2D eigenvalue weighted by molar-refractivity contribution is 0.260. The van der Waals surface area contributed by atoms with Gasteiger partial charge in [-0.2, -0.15) is 0 Å². The predicted octanol–water partition coefficient (Wildman–Crippen LogP) is 3.79. The number of aromatic hydroxyl groups is 1. The van der Waals surface area contributed by atoms with E-state index < -0.39 is 5.63 Å². The van der Waals surface area contributed by atoms with Crippen LogP contribution in [0.5, 0.6) is 11.5 Å². The third kappa shape index (κ3) is 3.27. The molecule has 0 amide bonds. The molecule has 112 valence electrons. The number of phenolic OH excluding ortho intramolecular Hbond substituents is 1. The van der Waals surface area contributed by atoms with E-state index in [9.17, 15) is 9.90 Å². The Balaban J connectivity index is 2.67. The Hall–Kier alpha value is -2.23. The number of phenols is 1. The molecule has 0 aliphatic heterocycles. The summed E-state index contributed by atoms with van der Waals surface area (Å²) in [5.41, 5.74) is 1.67. The molecule has 0 saturated heterocycles. The van der Waals surface area contributed by atoms with Gasteiger partial charge in [0.25, 0.3) is 0 Å². The van der Waals surface area contributed by atoms with E-state index in [1.165, 1.54) is 12.1 Å². The average molecular weight is 288 g/mol. The summed E-state index contributed by atoms with van der Waals surface area (Å²) in [6, 6.07) is 4.47. The first-order chi connectivity index (χ1) is 9.92. The molecule has 1 heterocycles. The summed E-state index contributed by atoms with van der Waals surface area (Å²) in [4.78, 5) is 11.6. The Bertz CT molecular complexity index is 727. The highest BCUT2D eigenvalue weighted by Gasteiger charge is 2.15. The largest absolute Gasteiger partial charge is 0.508 e. The van der Waals surface area contributed by atoms with Crippen LogP contribution in [0.3, 0.4) is 0 Å². The Morgan fingerprint density at radius 3 is 2.76 bits per heavy atom. The molecule has 1 atom stereocenters. The molecule has 0 radical (unpaired) electrons. The summed E-state index contributed by atoms with van der Waals surface area (Å²) in [5.74, 6) is 0.510. The third-order valence-electron chi connectivity index (χ3n) is 3.39. The maximum Gasteiger partial charge on any atom is 0.336 e. The summed E-state index contributed by atoms with van der Waals surface area (Å²) >= 11 is 0. The van der Waals surface area contributed by atoms with Crippen LogP contribution in [0.1, 0.15) is 32.8 Å². The summed E-state index contributed by atoms with van der Waals surface area (Å²) in [6.07, 6.45) is 1.44. The fourth-order valence-corrected chi connectivity index (χ4v) is 2.18. The van der Waals surface area contributed by atoms with Gasteiger partial charge in [-0.1, -0.05) is 19.9 Å². The molecule has 21 heavy (non-hydrogen) atoms. The van der Waals surface area contributed by atoms with Crippen molar-refractivity contribution < 1.29 is 14.3 Å². The molecule has 0 aliphatic carbocycles. The van der Waals surface area contributed by atoms with Crippen molar-refractivity contribution in [3.63, 3.8) is 0 Å². The monoisotopic (exact) mass is 288 g/mol. The first-order valence-electron chi connectivity index (χ1n) is 7.04. The molecule has 0 fully saturated rings. The third-order valence-corrected chi connectivity index (χ3v) is 3.39. The number of aryl methyl sites for hydroxylation is 1. The maximum absolute atomic E-state index is 11.6. The van der Waals surface area contributed by atoms with Crippen LogP contribution in [0.15, 0.2) is 39.6 Å². The van der Waals surface area contributed by atoms with Gasteiger partial charge in [0.2, 0.25) is 0 Å². The molecule has 0 saturated carbocycles. The maximum atomic E-state index is 11.6. The van der Waals surface area contributed by atoms with Crippen molar-refractivity contribution in [1.29, 1.82) is 0 Å². The number of hydrogen-bond donors (Lipinski definition) is 1. The van der Waals surface area contributed by atoms with E-state index in [0.717, 1.165) is 29.4 Å². The summed E-state index contributed by atoms with van der Waals surface area (Å²) in [6.45, 7) is 9.67. The fourth-order valence-electron chi connectivity index (χ4n) is 2.18. The molecule has 4 heteroatoms. The van der Waals surface area contributed by atoms with Crippen LogP contribution in [-0.2, 0) is 6.42 Å². The van der Waals surface area contributed by atoms with Gasteiger partial charge < -0.3 is 14.3 Å². The lowest BCUT2D eigenvalue weighted by atomic mass is 10.0. The molecular weight excluding hydrogens is 268 g/mol. The highest BCUT2D eigenvalue weighted by Crippen LogP contribution is 2.34. The highest BCUT2D eigenvalue weighted by atomic mass is 16.5. The minimum Gasteiger partial charge on any atom is -0.508 e. The molecule has 0 spiro atoms. The topological polar surface area (TPSA) is 59.7 Å². The first-order valence-corrected chi connectivity index (χ1v) is 7.04. The molecule has 1 aromatic carbocycles. The van der Waals surface area contributed by atoms with E-state index in [1.807, 2.05) is 20.8 Å². The van der Waals surface area contributed by atoms with Gasteiger partial charge in [-0.05, 0) is 31.4 Å². The molecule has 4 nitrogen and oxygen atoms in total. The van der Waals surface area contributed by atoms with Crippen LogP contribution >= 0.6 is 0 Å². The normalized spacial score (nSPS) is 12.3. The van der Waals surface area contributed by atoms with Gasteiger partial charge in [0, 0.05) is 18.2 Å². The van der Waals surface area contributed by atoms with E-state index in [1.54, 1.807) is 6.07 Å². The minimum atomic E-state index is -0.421. The molecule has 1 aromatic heterocycles. The minimum absolute atomic E-state index is 0.00298. The Morgan fingerprint density at radius 1 is 1.43 bits per heavy atom. The Labute approximate surface area is 123 Å². The lowest BCUT2D eigenvalue weighted by Gasteiger charge is -2.17. The first kappa shape index (κ1) is 15.2. The zero-order chi connectivity index (χ0) is 15.6. The highest BCUT2D eigenvalue weighted by molar-refractivity contribution is 5.88. The van der Waals surface area contributed by atoms with Crippen molar-refractivity contribution in [3.8, 4) is 11.5 Å². The summed E-state index contributed by atoms with van der Waals surface area (Å²) in [5, 5.41) is 10.5. The zero-order valence-electron chi connectivity index (χ0n) is 12.6. The van der Waals surface area contributed by atoms with Gasteiger partial charge in [0.1, 0.15) is 23.2 Å². The van der Waals surface area contributed by atoms with Crippen molar-refractivity contribution >= 4 is 11.0 Å². The standard InChI is InChI=1S/C17H20O4/c1-5-6-12-7-16(19)21-15-9-13(18)8-14(17(12)15)20-11(4)10(2)3/h7-9,11,18H,2,5-6H2,1,3-4H3. The van der Waals surface area contributed by atoms with Crippen LogP contribution in [0, 0.1) is 0 Å². The summed E-state index contributed by atoms with van der Waals surface area (Å²) in [7, 11) is 0. The van der Waals surface area contributed by atoms with Crippen LogP contribution < -0.4 is 10.4 Å². The second kappa shape index (κ2) is 6.04. The van der Waals surface area contributed by atoms with Crippen LogP contribution in [0.4, 0.5) is 0 Å². The number of fused-ring (bicyclic) bond motifs is 1. The van der Waals surface area contributed by atoms with E-state index in [4.69, 9.17) is 9.15 Å². The van der Waals surface area contributed by atoms with Crippen LogP contribution in [-0.4, -0.2) is 11.2 Å². The quantitative estimate of drug-likeness (QED) is 0.671. The number of ether oxygens (including phenoxy) is 1. The van der Waals surface area contributed by atoms with Gasteiger partial charge in [0.05, 0.1) is 5.39 Å². The lowest BCUT2D eigenvalue weighted by Crippen LogP contribution is -2.13. The van der Waals surface area contributed by atoms with Crippen molar-refractivity contribution in [1.82, 2.24) is 0 Å². The zero-order valence-corrected chi connectivity index (χ0v) is 12.6. The van der Waals surface area contributed by atoms with Gasteiger partial charge in [-0.25, -0.2) is 4.79 Å².